The highest BCUT2D eigenvalue weighted by atomic mass is 16.4. The molecule has 8 heteroatoms. The number of aliphatic carboxylic acids is 1. The fourth-order valence-electron chi connectivity index (χ4n) is 1.59. The highest BCUT2D eigenvalue weighted by Crippen LogP contribution is 2.03. The Balaban J connectivity index is 2.47. The van der Waals surface area contributed by atoms with Gasteiger partial charge >= 0.3 is 12.0 Å². The summed E-state index contributed by atoms with van der Waals surface area (Å²) in [6.07, 6.45) is 1.74. The Kier molecular flexibility index (Phi) is 5.31. The Morgan fingerprint density at radius 3 is 2.68 bits per heavy atom. The van der Waals surface area contributed by atoms with E-state index in [0.29, 0.717) is 0 Å². The van der Waals surface area contributed by atoms with Crippen LogP contribution in [-0.2, 0) is 18.4 Å². The molecule has 0 aliphatic heterocycles. The number of aromatic nitrogens is 2. The quantitative estimate of drug-likeness (QED) is 0.549. The number of carbonyl (C=O) groups excluding carboxylic acids is 1. The molecule has 1 rings (SSSR count). The normalized spacial score (nSPS) is 11.9. The predicted molar refractivity (Wildman–Crippen MR) is 66.4 cm³/mol. The number of carboxylic acids is 1. The molecule has 106 valence electrons. The van der Waals surface area contributed by atoms with Crippen LogP contribution >= 0.6 is 0 Å². The number of amides is 2. The van der Waals surface area contributed by atoms with Gasteiger partial charge in [-0.25, -0.2) is 9.59 Å². The third kappa shape index (κ3) is 4.59. The van der Waals surface area contributed by atoms with Crippen molar-refractivity contribution in [2.75, 3.05) is 6.61 Å². The zero-order valence-electron chi connectivity index (χ0n) is 10.9. The largest absolute Gasteiger partial charge is 0.480 e. The van der Waals surface area contributed by atoms with Crippen molar-refractivity contribution in [3.05, 3.63) is 17.5 Å². The first-order chi connectivity index (χ1) is 8.93. The lowest BCUT2D eigenvalue weighted by Crippen LogP contribution is -2.46. The van der Waals surface area contributed by atoms with E-state index >= 15 is 0 Å². The van der Waals surface area contributed by atoms with Gasteiger partial charge in [0.15, 0.2) is 0 Å². The molecule has 0 aliphatic rings. The molecule has 2 amide bonds. The van der Waals surface area contributed by atoms with Crippen molar-refractivity contribution in [1.29, 1.82) is 0 Å². The fraction of sp³-hybridized carbons (Fsp3) is 0.545. The van der Waals surface area contributed by atoms with E-state index in [9.17, 15) is 9.59 Å². The predicted octanol–water partition coefficient (Wildman–Crippen LogP) is -0.637. The van der Waals surface area contributed by atoms with Crippen LogP contribution in [-0.4, -0.2) is 44.6 Å². The van der Waals surface area contributed by atoms with Crippen LogP contribution in [0, 0.1) is 6.92 Å². The van der Waals surface area contributed by atoms with Crippen molar-refractivity contribution in [2.24, 2.45) is 7.05 Å². The molecule has 8 nitrogen and oxygen atoms in total. The number of carbonyl (C=O) groups is 2. The van der Waals surface area contributed by atoms with Crippen LogP contribution in [0.25, 0.3) is 0 Å². The molecular weight excluding hydrogens is 252 g/mol. The van der Waals surface area contributed by atoms with Gasteiger partial charge in [-0.15, -0.1) is 0 Å². The number of carboxylic acid groups (broad SMARTS) is 1. The molecule has 0 unspecified atom stereocenters. The van der Waals surface area contributed by atoms with Crippen LogP contribution in [0.15, 0.2) is 6.20 Å². The Bertz CT molecular complexity index is 458. The lowest BCUT2D eigenvalue weighted by molar-refractivity contribution is -0.139. The van der Waals surface area contributed by atoms with Gasteiger partial charge in [0.05, 0.1) is 5.69 Å². The molecule has 0 aliphatic carbocycles. The van der Waals surface area contributed by atoms with Gasteiger partial charge in [-0.2, -0.15) is 5.10 Å². The van der Waals surface area contributed by atoms with Crippen LogP contribution in [0.3, 0.4) is 0 Å². The summed E-state index contributed by atoms with van der Waals surface area (Å²) in [6, 6.07) is -1.69. The lowest BCUT2D eigenvalue weighted by Gasteiger charge is -2.13. The number of aliphatic hydroxyl groups is 1. The maximum atomic E-state index is 11.5. The van der Waals surface area contributed by atoms with Crippen molar-refractivity contribution in [1.82, 2.24) is 20.4 Å². The number of aryl methyl sites for hydroxylation is 2. The van der Waals surface area contributed by atoms with Gasteiger partial charge in [0.1, 0.15) is 6.04 Å². The molecule has 1 heterocycles. The number of rotatable bonds is 6. The Labute approximate surface area is 110 Å². The number of urea groups is 1. The highest BCUT2D eigenvalue weighted by molar-refractivity contribution is 5.82. The van der Waals surface area contributed by atoms with Crippen LogP contribution in [0.4, 0.5) is 4.79 Å². The van der Waals surface area contributed by atoms with Gasteiger partial charge < -0.3 is 20.8 Å². The van der Waals surface area contributed by atoms with Gasteiger partial charge in [-0.05, 0) is 6.92 Å². The summed E-state index contributed by atoms with van der Waals surface area (Å²) < 4.78 is 1.63. The van der Waals surface area contributed by atoms with Crippen molar-refractivity contribution >= 4 is 12.0 Å². The van der Waals surface area contributed by atoms with Crippen molar-refractivity contribution < 1.29 is 19.8 Å². The Morgan fingerprint density at radius 1 is 1.53 bits per heavy atom. The molecule has 1 aromatic rings. The van der Waals surface area contributed by atoms with E-state index < -0.39 is 18.0 Å². The van der Waals surface area contributed by atoms with E-state index in [1.165, 1.54) is 0 Å². The van der Waals surface area contributed by atoms with Gasteiger partial charge in [0.2, 0.25) is 0 Å². The second-order valence-electron chi connectivity index (χ2n) is 4.14. The summed E-state index contributed by atoms with van der Waals surface area (Å²) in [4.78, 5) is 22.3. The summed E-state index contributed by atoms with van der Waals surface area (Å²) in [6.45, 7) is 1.77. The highest BCUT2D eigenvalue weighted by Gasteiger charge is 2.19. The minimum atomic E-state index is -1.18. The number of nitrogens with one attached hydrogen (secondary N) is 2. The molecule has 19 heavy (non-hydrogen) atoms. The first-order valence-corrected chi connectivity index (χ1v) is 5.81. The van der Waals surface area contributed by atoms with Gasteiger partial charge in [-0.3, -0.25) is 4.68 Å². The first kappa shape index (κ1) is 15.0. The summed E-state index contributed by atoms with van der Waals surface area (Å²) in [7, 11) is 1.78. The molecular formula is C11H18N4O4. The molecule has 4 N–H and O–H groups in total. The number of nitrogens with zero attached hydrogens (tertiary/aromatic N) is 2. The fourth-order valence-corrected chi connectivity index (χ4v) is 1.59. The molecule has 0 spiro atoms. The minimum absolute atomic E-state index is 0.0331. The molecule has 0 saturated carbocycles. The smallest absolute Gasteiger partial charge is 0.326 e. The monoisotopic (exact) mass is 270 g/mol. The summed E-state index contributed by atoms with van der Waals surface area (Å²) >= 11 is 0. The van der Waals surface area contributed by atoms with Gasteiger partial charge in [-0.1, -0.05) is 0 Å². The second kappa shape index (κ2) is 6.74. The van der Waals surface area contributed by atoms with E-state index in [1.54, 1.807) is 17.9 Å². The van der Waals surface area contributed by atoms with Crippen molar-refractivity contribution in [2.45, 2.75) is 25.9 Å². The summed E-state index contributed by atoms with van der Waals surface area (Å²) in [5, 5.41) is 26.5. The summed E-state index contributed by atoms with van der Waals surface area (Å²) in [5.41, 5.74) is 1.65. The average Bonchev–Trinajstić information content (AvgIpc) is 2.64. The maximum Gasteiger partial charge on any atom is 0.326 e. The molecule has 0 saturated heterocycles. The van der Waals surface area contributed by atoms with Crippen LogP contribution < -0.4 is 10.6 Å². The molecule has 1 atom stereocenters. The molecule has 0 radical (unpaired) electrons. The van der Waals surface area contributed by atoms with E-state index in [2.05, 4.69) is 15.7 Å². The van der Waals surface area contributed by atoms with Crippen LogP contribution in [0.1, 0.15) is 17.7 Å². The zero-order valence-corrected chi connectivity index (χ0v) is 10.9. The lowest BCUT2D eigenvalue weighted by atomic mass is 10.2. The number of aliphatic hydroxyl groups excluding tert-OH is 1. The zero-order chi connectivity index (χ0) is 14.4. The van der Waals surface area contributed by atoms with E-state index in [4.69, 9.17) is 10.2 Å². The van der Waals surface area contributed by atoms with Crippen molar-refractivity contribution in [3.63, 3.8) is 0 Å². The maximum absolute atomic E-state index is 11.5. The van der Waals surface area contributed by atoms with Gasteiger partial charge in [0, 0.05) is 38.4 Å². The van der Waals surface area contributed by atoms with Crippen LogP contribution in [0.2, 0.25) is 0 Å². The Morgan fingerprint density at radius 2 is 2.21 bits per heavy atom. The van der Waals surface area contributed by atoms with Gasteiger partial charge in [0.25, 0.3) is 0 Å². The number of hydrogen-bond donors (Lipinski definition) is 4. The standard InChI is InChI=1S/C11H18N4O4/c1-7-8(6-15(2)14-7)5-12-11(19)13-9(3-4-16)10(17)18/h6,9,16H,3-5H2,1-2H3,(H,17,18)(H2,12,13,19)/t9-/m1/s1. The minimum Gasteiger partial charge on any atom is -0.480 e. The topological polar surface area (TPSA) is 116 Å². The third-order valence-electron chi connectivity index (χ3n) is 2.58. The molecule has 0 bridgehead atoms. The van der Waals surface area contributed by atoms with E-state index in [1.807, 2.05) is 6.92 Å². The van der Waals surface area contributed by atoms with E-state index in [-0.39, 0.29) is 19.6 Å². The van der Waals surface area contributed by atoms with Crippen molar-refractivity contribution in [3.8, 4) is 0 Å². The SMILES string of the molecule is Cc1nn(C)cc1CNC(=O)N[C@H](CCO)C(=O)O. The number of hydrogen-bond acceptors (Lipinski definition) is 4. The second-order valence-corrected chi connectivity index (χ2v) is 4.14. The molecule has 0 aromatic carbocycles. The third-order valence-corrected chi connectivity index (χ3v) is 2.58. The average molecular weight is 270 g/mol. The molecule has 1 aromatic heterocycles. The van der Waals surface area contributed by atoms with Crippen LogP contribution in [0.5, 0.6) is 0 Å². The molecule has 0 fully saturated rings. The summed E-state index contributed by atoms with van der Waals surface area (Å²) in [5.74, 6) is -1.18. The Hall–Kier alpha value is -2.09. The first-order valence-electron chi connectivity index (χ1n) is 5.81. The van der Waals surface area contributed by atoms with E-state index in [0.717, 1.165) is 11.3 Å².